The molecule has 0 spiro atoms. The Balaban J connectivity index is 1.40. The molecule has 3 rings (SSSR count). The summed E-state index contributed by atoms with van der Waals surface area (Å²) >= 11 is 1.68. The molecule has 0 atom stereocenters. The molecule has 0 aliphatic carbocycles. The Bertz CT molecular complexity index is 818. The summed E-state index contributed by atoms with van der Waals surface area (Å²) in [5, 5.41) is 6.00. The summed E-state index contributed by atoms with van der Waals surface area (Å²) in [6.45, 7) is 7.47. The molecule has 2 amide bonds. The highest BCUT2D eigenvalue weighted by Crippen LogP contribution is 2.24. The largest absolute Gasteiger partial charge is 0.355 e. The summed E-state index contributed by atoms with van der Waals surface area (Å²) in [6.07, 6.45) is 0.891. The number of piperazine rings is 1. The summed E-state index contributed by atoms with van der Waals surface area (Å²) in [5.41, 5.74) is 2.26. The highest BCUT2D eigenvalue weighted by Gasteiger charge is 2.22. The van der Waals surface area contributed by atoms with Crippen LogP contribution in [-0.4, -0.2) is 84.4 Å². The number of carbonyl (C=O) groups is 2. The van der Waals surface area contributed by atoms with Crippen LogP contribution in [0.2, 0.25) is 0 Å². The third-order valence-corrected chi connectivity index (χ3v) is 6.10. The fourth-order valence-electron chi connectivity index (χ4n) is 3.36. The Labute approximate surface area is 182 Å². The first-order valence-electron chi connectivity index (χ1n) is 10.5. The molecule has 162 valence electrons. The number of amides is 2. The van der Waals surface area contributed by atoms with Crippen molar-refractivity contribution in [3.63, 3.8) is 0 Å². The molecule has 1 fully saturated rings. The van der Waals surface area contributed by atoms with Crippen LogP contribution in [0.3, 0.4) is 0 Å². The minimum absolute atomic E-state index is 0.0119. The first kappa shape index (κ1) is 22.4. The maximum absolute atomic E-state index is 12.4. The van der Waals surface area contributed by atoms with Crippen molar-refractivity contribution >= 4 is 23.2 Å². The first-order chi connectivity index (χ1) is 14.5. The molecule has 0 bridgehead atoms. The lowest BCUT2D eigenvalue weighted by molar-refractivity contribution is -0.136. The van der Waals surface area contributed by atoms with Crippen molar-refractivity contribution < 1.29 is 9.59 Å². The van der Waals surface area contributed by atoms with Gasteiger partial charge in [0, 0.05) is 57.3 Å². The number of hydrogen-bond donors (Lipinski definition) is 1. The van der Waals surface area contributed by atoms with E-state index in [2.05, 4.69) is 32.6 Å². The van der Waals surface area contributed by atoms with Crippen LogP contribution >= 0.6 is 11.3 Å². The predicted octanol–water partition coefficient (Wildman–Crippen LogP) is 1.91. The molecule has 0 radical (unpaired) electrons. The summed E-state index contributed by atoms with van der Waals surface area (Å²) in [6, 6.07) is 10.3. The minimum Gasteiger partial charge on any atom is -0.355 e. The van der Waals surface area contributed by atoms with Crippen LogP contribution in [0.4, 0.5) is 0 Å². The van der Waals surface area contributed by atoms with Crippen molar-refractivity contribution in [2.45, 2.75) is 19.9 Å². The summed E-state index contributed by atoms with van der Waals surface area (Å²) in [5.74, 6) is -0.113. The van der Waals surface area contributed by atoms with E-state index >= 15 is 0 Å². The van der Waals surface area contributed by atoms with E-state index in [1.54, 1.807) is 18.4 Å². The third-order valence-electron chi connectivity index (χ3n) is 5.16. The molecule has 2 aromatic rings. The van der Waals surface area contributed by atoms with Crippen molar-refractivity contribution in [3.05, 3.63) is 41.4 Å². The number of rotatable bonds is 9. The molecule has 1 aliphatic rings. The average Bonchev–Trinajstić information content (AvgIpc) is 3.22. The normalized spacial score (nSPS) is 15.1. The van der Waals surface area contributed by atoms with Gasteiger partial charge in [-0.15, -0.1) is 11.3 Å². The van der Waals surface area contributed by atoms with Gasteiger partial charge in [-0.2, -0.15) is 0 Å². The van der Waals surface area contributed by atoms with Gasteiger partial charge >= 0.3 is 0 Å². The van der Waals surface area contributed by atoms with Gasteiger partial charge in [-0.3, -0.25) is 19.4 Å². The van der Waals surface area contributed by atoms with Crippen LogP contribution in [0.25, 0.3) is 10.6 Å². The Morgan fingerprint density at radius 1 is 1.13 bits per heavy atom. The summed E-state index contributed by atoms with van der Waals surface area (Å²) in [4.78, 5) is 35.0. The molecule has 1 aromatic heterocycles. The van der Waals surface area contributed by atoms with E-state index in [9.17, 15) is 9.59 Å². The van der Waals surface area contributed by atoms with E-state index in [-0.39, 0.29) is 18.4 Å². The van der Waals surface area contributed by atoms with Crippen LogP contribution in [0.5, 0.6) is 0 Å². The third kappa shape index (κ3) is 6.62. The number of thiazole rings is 1. The molecule has 0 unspecified atom stereocenters. The predicted molar refractivity (Wildman–Crippen MR) is 120 cm³/mol. The number of aromatic nitrogens is 1. The molecule has 30 heavy (non-hydrogen) atoms. The molecule has 7 nitrogen and oxygen atoms in total. The van der Waals surface area contributed by atoms with Crippen molar-refractivity contribution in [2.24, 2.45) is 0 Å². The Morgan fingerprint density at radius 3 is 2.53 bits per heavy atom. The molecule has 1 N–H and O–H groups in total. The quantitative estimate of drug-likeness (QED) is 0.660. The number of nitrogens with one attached hydrogen (secondary N) is 1. The van der Waals surface area contributed by atoms with Crippen LogP contribution < -0.4 is 5.32 Å². The van der Waals surface area contributed by atoms with Crippen molar-refractivity contribution in [3.8, 4) is 10.6 Å². The zero-order valence-corrected chi connectivity index (χ0v) is 18.7. The van der Waals surface area contributed by atoms with E-state index in [4.69, 9.17) is 4.98 Å². The highest BCUT2D eigenvalue weighted by atomic mass is 32.1. The van der Waals surface area contributed by atoms with Gasteiger partial charge in [-0.05, 0) is 6.42 Å². The minimum atomic E-state index is -0.101. The molecule has 1 aliphatic heterocycles. The molecular weight excluding hydrogens is 398 g/mol. The van der Waals surface area contributed by atoms with Crippen molar-refractivity contribution in [2.75, 3.05) is 52.9 Å². The molecule has 8 heteroatoms. The van der Waals surface area contributed by atoms with Crippen LogP contribution in [0.15, 0.2) is 35.7 Å². The molecule has 0 saturated carbocycles. The number of benzene rings is 1. The maximum atomic E-state index is 12.4. The SMILES string of the molecule is CCCNC(=O)CN(C)C(=O)CN1CCN(Cc2csc(-c3ccccc3)n2)CC1. The van der Waals surface area contributed by atoms with Gasteiger partial charge in [0.25, 0.3) is 0 Å². The van der Waals surface area contributed by atoms with Crippen LogP contribution in [-0.2, 0) is 16.1 Å². The van der Waals surface area contributed by atoms with Crippen LogP contribution in [0.1, 0.15) is 19.0 Å². The van der Waals surface area contributed by atoms with Gasteiger partial charge in [0.15, 0.2) is 0 Å². The second-order valence-electron chi connectivity index (χ2n) is 7.66. The monoisotopic (exact) mass is 429 g/mol. The van der Waals surface area contributed by atoms with E-state index in [0.29, 0.717) is 13.1 Å². The Morgan fingerprint density at radius 2 is 1.83 bits per heavy atom. The highest BCUT2D eigenvalue weighted by molar-refractivity contribution is 7.13. The standard InChI is InChI=1S/C22H31N5O2S/c1-3-9-23-20(28)15-25(2)21(29)16-27-12-10-26(11-13-27)14-19-17-30-22(24-19)18-7-5-4-6-8-18/h4-8,17H,3,9-16H2,1-2H3,(H,23,28). The van der Waals surface area contributed by atoms with Crippen molar-refractivity contribution in [1.82, 2.24) is 25.0 Å². The summed E-state index contributed by atoms with van der Waals surface area (Å²) < 4.78 is 0. The fraction of sp³-hybridized carbons (Fsp3) is 0.500. The summed E-state index contributed by atoms with van der Waals surface area (Å²) in [7, 11) is 1.69. The van der Waals surface area contributed by atoms with Gasteiger partial charge in [0.2, 0.25) is 11.8 Å². The number of nitrogens with zero attached hydrogens (tertiary/aromatic N) is 4. The van der Waals surface area contributed by atoms with Crippen molar-refractivity contribution in [1.29, 1.82) is 0 Å². The topological polar surface area (TPSA) is 68.8 Å². The first-order valence-corrected chi connectivity index (χ1v) is 11.4. The molecule has 2 heterocycles. The Hall–Kier alpha value is -2.29. The van der Waals surface area contributed by atoms with Gasteiger partial charge in [0.1, 0.15) is 5.01 Å². The fourth-order valence-corrected chi connectivity index (χ4v) is 4.18. The number of hydrogen-bond acceptors (Lipinski definition) is 6. The van der Waals surface area contributed by atoms with E-state index < -0.39 is 0 Å². The molecular formula is C22H31N5O2S. The van der Waals surface area contributed by atoms with E-state index in [1.165, 1.54) is 4.90 Å². The number of likely N-dealkylation sites (N-methyl/N-ethyl adjacent to an activating group) is 1. The zero-order valence-electron chi connectivity index (χ0n) is 17.8. The van der Waals surface area contributed by atoms with E-state index in [1.807, 2.05) is 25.1 Å². The molecule has 1 aromatic carbocycles. The van der Waals surface area contributed by atoms with Crippen LogP contribution in [0, 0.1) is 0 Å². The lowest BCUT2D eigenvalue weighted by atomic mass is 10.2. The zero-order chi connectivity index (χ0) is 21.3. The average molecular weight is 430 g/mol. The van der Waals surface area contributed by atoms with Gasteiger partial charge in [-0.1, -0.05) is 37.3 Å². The molecule has 1 saturated heterocycles. The van der Waals surface area contributed by atoms with Gasteiger partial charge in [0.05, 0.1) is 18.8 Å². The maximum Gasteiger partial charge on any atom is 0.239 e. The lowest BCUT2D eigenvalue weighted by Crippen LogP contribution is -2.50. The smallest absolute Gasteiger partial charge is 0.239 e. The lowest BCUT2D eigenvalue weighted by Gasteiger charge is -2.34. The van der Waals surface area contributed by atoms with E-state index in [0.717, 1.165) is 55.4 Å². The second kappa shape index (κ2) is 11.2. The number of carbonyl (C=O) groups excluding carboxylic acids is 2. The second-order valence-corrected chi connectivity index (χ2v) is 8.52. The Kier molecular flexibility index (Phi) is 8.36. The van der Waals surface area contributed by atoms with Gasteiger partial charge < -0.3 is 10.2 Å². The van der Waals surface area contributed by atoms with Gasteiger partial charge in [-0.25, -0.2) is 4.98 Å².